The van der Waals surface area contributed by atoms with Gasteiger partial charge in [-0.05, 0) is 12.1 Å². The van der Waals surface area contributed by atoms with E-state index in [9.17, 15) is 4.79 Å². The van der Waals surface area contributed by atoms with Crippen molar-refractivity contribution in [2.24, 2.45) is 0 Å². The van der Waals surface area contributed by atoms with Crippen molar-refractivity contribution in [3.8, 4) is 11.8 Å². The van der Waals surface area contributed by atoms with E-state index in [1.54, 1.807) is 30.3 Å². The molecule has 0 aliphatic heterocycles. The normalized spacial score (nSPS) is 13.4. The first-order chi connectivity index (χ1) is 7.12. The van der Waals surface area contributed by atoms with E-state index in [-0.39, 0.29) is 0 Å². The molecule has 0 amide bonds. The molecule has 1 unspecified atom stereocenters. The number of para-hydroxylation sites is 1. The van der Waals surface area contributed by atoms with Crippen LogP contribution in [0.3, 0.4) is 0 Å². The van der Waals surface area contributed by atoms with Gasteiger partial charge in [0, 0.05) is 6.92 Å². The van der Waals surface area contributed by atoms with E-state index in [1.807, 2.05) is 6.07 Å². The van der Waals surface area contributed by atoms with Gasteiger partial charge in [0.15, 0.2) is 0 Å². The molecule has 1 rings (SSSR count). The summed E-state index contributed by atoms with van der Waals surface area (Å²) < 4.78 is 9.76. The van der Waals surface area contributed by atoms with Crippen LogP contribution in [-0.2, 0) is 9.53 Å². The first kappa shape index (κ1) is 11.1. The molecule has 78 valence electrons. The van der Waals surface area contributed by atoms with Gasteiger partial charge in [0.1, 0.15) is 11.8 Å². The van der Waals surface area contributed by atoms with Gasteiger partial charge >= 0.3 is 5.97 Å². The third kappa shape index (κ3) is 2.47. The van der Waals surface area contributed by atoms with Gasteiger partial charge in [-0.3, -0.25) is 0 Å². The lowest BCUT2D eigenvalue weighted by atomic mass is 10.1. The topological polar surface area (TPSA) is 59.3 Å². The Morgan fingerprint density at radius 1 is 1.40 bits per heavy atom. The monoisotopic (exact) mass is 205 g/mol. The Hall–Kier alpha value is -2.02. The fraction of sp³-hybridized carbons (Fsp3) is 0.273. The van der Waals surface area contributed by atoms with Crippen LogP contribution in [0.1, 0.15) is 6.92 Å². The Bertz CT molecular complexity index is 383. The van der Waals surface area contributed by atoms with Crippen LogP contribution in [0.5, 0.6) is 5.75 Å². The van der Waals surface area contributed by atoms with Gasteiger partial charge in [-0.25, -0.2) is 4.79 Å². The summed E-state index contributed by atoms with van der Waals surface area (Å²) in [5.74, 6) is -0.263. The maximum absolute atomic E-state index is 11.3. The van der Waals surface area contributed by atoms with Crippen molar-refractivity contribution < 1.29 is 14.3 Å². The van der Waals surface area contributed by atoms with Crippen molar-refractivity contribution in [1.29, 1.82) is 5.26 Å². The lowest BCUT2D eigenvalue weighted by Gasteiger charge is -2.20. The molecule has 0 N–H and O–H groups in total. The smallest absolute Gasteiger partial charge is 0.365 e. The van der Waals surface area contributed by atoms with Crippen molar-refractivity contribution in [1.82, 2.24) is 0 Å². The summed E-state index contributed by atoms with van der Waals surface area (Å²) in [6.07, 6.45) is 0. The van der Waals surface area contributed by atoms with E-state index >= 15 is 0 Å². The highest BCUT2D eigenvalue weighted by atomic mass is 16.6. The number of nitriles is 1. The van der Waals surface area contributed by atoms with Crippen LogP contribution >= 0.6 is 0 Å². The number of hydrogen-bond donors (Lipinski definition) is 0. The van der Waals surface area contributed by atoms with Gasteiger partial charge in [-0.2, -0.15) is 5.26 Å². The molecule has 0 aliphatic carbocycles. The van der Waals surface area contributed by atoms with E-state index in [1.165, 1.54) is 14.0 Å². The highest BCUT2D eigenvalue weighted by Gasteiger charge is 2.37. The Morgan fingerprint density at radius 3 is 2.47 bits per heavy atom. The molecule has 4 heteroatoms. The number of carbonyl (C=O) groups is 1. The second-order valence-electron chi connectivity index (χ2n) is 3.05. The van der Waals surface area contributed by atoms with Crippen LogP contribution in [0.15, 0.2) is 30.3 Å². The molecule has 0 aromatic heterocycles. The molecule has 0 bridgehead atoms. The van der Waals surface area contributed by atoms with E-state index < -0.39 is 11.6 Å². The molecule has 15 heavy (non-hydrogen) atoms. The third-order valence-corrected chi connectivity index (χ3v) is 1.85. The molecular formula is C11H11NO3. The summed E-state index contributed by atoms with van der Waals surface area (Å²) in [6, 6.07) is 10.4. The van der Waals surface area contributed by atoms with Crippen molar-refractivity contribution in [3.05, 3.63) is 30.3 Å². The largest absolute Gasteiger partial charge is 0.465 e. The average Bonchev–Trinajstić information content (AvgIpc) is 2.29. The number of ether oxygens (including phenoxy) is 2. The number of nitrogens with zero attached hydrogens (tertiary/aromatic N) is 1. The van der Waals surface area contributed by atoms with Gasteiger partial charge in [-0.15, -0.1) is 0 Å². The summed E-state index contributed by atoms with van der Waals surface area (Å²) in [6.45, 7) is 1.37. The van der Waals surface area contributed by atoms with Crippen LogP contribution in [0.25, 0.3) is 0 Å². The van der Waals surface area contributed by atoms with Crippen LogP contribution < -0.4 is 4.74 Å². The number of benzene rings is 1. The van der Waals surface area contributed by atoms with Crippen LogP contribution in [0, 0.1) is 11.3 Å². The zero-order chi connectivity index (χ0) is 11.3. The van der Waals surface area contributed by atoms with Crippen molar-refractivity contribution in [3.63, 3.8) is 0 Å². The summed E-state index contributed by atoms with van der Waals surface area (Å²) in [5, 5.41) is 8.87. The highest BCUT2D eigenvalue weighted by molar-refractivity contribution is 5.82. The molecule has 1 aromatic rings. The quantitative estimate of drug-likeness (QED) is 0.702. The Morgan fingerprint density at radius 2 is 2.00 bits per heavy atom. The summed E-state index contributed by atoms with van der Waals surface area (Å²) >= 11 is 0. The van der Waals surface area contributed by atoms with E-state index in [4.69, 9.17) is 10.00 Å². The fourth-order valence-electron chi connectivity index (χ4n) is 1.03. The molecule has 0 aliphatic rings. The van der Waals surface area contributed by atoms with Crippen LogP contribution in [-0.4, -0.2) is 18.7 Å². The van der Waals surface area contributed by atoms with Crippen molar-refractivity contribution in [2.75, 3.05) is 7.11 Å². The zero-order valence-electron chi connectivity index (χ0n) is 8.56. The first-order valence-corrected chi connectivity index (χ1v) is 4.36. The van der Waals surface area contributed by atoms with E-state index in [0.29, 0.717) is 5.75 Å². The Kier molecular flexibility index (Phi) is 3.29. The molecular weight excluding hydrogens is 194 g/mol. The van der Waals surface area contributed by atoms with Crippen molar-refractivity contribution in [2.45, 2.75) is 12.5 Å². The number of esters is 1. The molecule has 0 radical (unpaired) electrons. The zero-order valence-corrected chi connectivity index (χ0v) is 8.56. The summed E-state index contributed by atoms with van der Waals surface area (Å²) in [5.41, 5.74) is -1.60. The van der Waals surface area contributed by atoms with E-state index in [0.717, 1.165) is 0 Å². The first-order valence-electron chi connectivity index (χ1n) is 4.36. The Balaban J connectivity index is 2.88. The second kappa shape index (κ2) is 4.47. The molecule has 0 saturated heterocycles. The van der Waals surface area contributed by atoms with Gasteiger partial charge in [0.2, 0.25) is 0 Å². The number of methoxy groups -OCH3 is 1. The van der Waals surface area contributed by atoms with Gasteiger partial charge in [-0.1, -0.05) is 18.2 Å². The SMILES string of the molecule is COC(=O)C(C)(C#N)Oc1ccccc1. The molecule has 0 saturated carbocycles. The lowest BCUT2D eigenvalue weighted by molar-refractivity contribution is -0.152. The fourth-order valence-corrected chi connectivity index (χ4v) is 1.03. The summed E-state index contributed by atoms with van der Waals surface area (Å²) in [4.78, 5) is 11.3. The molecule has 0 spiro atoms. The number of rotatable bonds is 3. The van der Waals surface area contributed by atoms with Crippen LogP contribution in [0.2, 0.25) is 0 Å². The maximum Gasteiger partial charge on any atom is 0.365 e. The average molecular weight is 205 g/mol. The minimum absolute atomic E-state index is 0.451. The van der Waals surface area contributed by atoms with Gasteiger partial charge in [0.05, 0.1) is 7.11 Å². The molecule has 0 heterocycles. The standard InChI is InChI=1S/C11H11NO3/c1-11(8-12,10(13)14-2)15-9-6-4-3-5-7-9/h3-7H,1-2H3. The molecule has 1 atom stereocenters. The molecule has 4 nitrogen and oxygen atoms in total. The number of hydrogen-bond acceptors (Lipinski definition) is 4. The molecule has 1 aromatic carbocycles. The Labute approximate surface area is 88.0 Å². The van der Waals surface area contributed by atoms with E-state index in [2.05, 4.69) is 4.74 Å². The lowest BCUT2D eigenvalue weighted by Crippen LogP contribution is -2.40. The molecule has 0 fully saturated rings. The van der Waals surface area contributed by atoms with Crippen molar-refractivity contribution >= 4 is 5.97 Å². The maximum atomic E-state index is 11.3. The van der Waals surface area contributed by atoms with Crippen LogP contribution in [0.4, 0.5) is 0 Å². The highest BCUT2D eigenvalue weighted by Crippen LogP contribution is 2.18. The minimum atomic E-state index is -1.60. The van der Waals surface area contributed by atoms with Gasteiger partial charge in [0.25, 0.3) is 5.60 Å². The number of carbonyl (C=O) groups excluding carboxylic acids is 1. The third-order valence-electron chi connectivity index (χ3n) is 1.85. The second-order valence-corrected chi connectivity index (χ2v) is 3.05. The predicted octanol–water partition coefficient (Wildman–Crippen LogP) is 1.52. The minimum Gasteiger partial charge on any atom is -0.465 e. The van der Waals surface area contributed by atoms with Gasteiger partial charge < -0.3 is 9.47 Å². The predicted molar refractivity (Wildman–Crippen MR) is 53.1 cm³/mol. The summed E-state index contributed by atoms with van der Waals surface area (Å²) in [7, 11) is 1.21.